The van der Waals surface area contributed by atoms with Crippen LogP contribution in [0.15, 0.2) is 41.8 Å². The van der Waals surface area contributed by atoms with Crippen molar-refractivity contribution in [1.82, 2.24) is 4.37 Å². The van der Waals surface area contributed by atoms with Crippen molar-refractivity contribution in [3.05, 3.63) is 58.1 Å². The van der Waals surface area contributed by atoms with Gasteiger partial charge in [-0.1, -0.05) is 23.7 Å². The zero-order valence-corrected chi connectivity index (χ0v) is 15.3. The average Bonchev–Trinajstić information content (AvgIpc) is 3.16. The molecule has 138 valence electrons. The van der Waals surface area contributed by atoms with Crippen LogP contribution in [0.4, 0.5) is 14.5 Å². The molecule has 2 heterocycles. The number of aromatic nitrogens is 1. The molecule has 1 aliphatic heterocycles. The van der Waals surface area contributed by atoms with Gasteiger partial charge in [0.15, 0.2) is 11.5 Å². The van der Waals surface area contributed by atoms with E-state index >= 15 is 0 Å². The van der Waals surface area contributed by atoms with E-state index in [0.29, 0.717) is 28.1 Å². The van der Waals surface area contributed by atoms with Gasteiger partial charge in [-0.15, -0.1) is 8.78 Å². The van der Waals surface area contributed by atoms with Crippen LogP contribution in [0.2, 0.25) is 5.02 Å². The molecule has 3 aromatic rings. The second kappa shape index (κ2) is 6.47. The lowest BCUT2D eigenvalue weighted by Crippen LogP contribution is -2.25. The van der Waals surface area contributed by atoms with Gasteiger partial charge >= 0.3 is 6.29 Å². The largest absolute Gasteiger partial charge is 0.586 e. The molecule has 0 atom stereocenters. The summed E-state index contributed by atoms with van der Waals surface area (Å²) in [5.74, 6) is -0.452. The maximum atomic E-state index is 13.2. The molecule has 5 nitrogen and oxygen atoms in total. The summed E-state index contributed by atoms with van der Waals surface area (Å²) in [4.78, 5) is 12.2. The summed E-state index contributed by atoms with van der Waals surface area (Å²) in [5.41, 5.74) is 2.94. The number of anilines is 1. The molecule has 2 aromatic carbocycles. The van der Waals surface area contributed by atoms with Crippen LogP contribution in [0.3, 0.4) is 0 Å². The van der Waals surface area contributed by atoms with E-state index in [-0.39, 0.29) is 22.4 Å². The smallest absolute Gasteiger partial charge is 0.395 e. The lowest BCUT2D eigenvalue weighted by molar-refractivity contribution is -0.286. The highest BCUT2D eigenvalue weighted by Crippen LogP contribution is 2.46. The number of carbonyl (C=O) groups excluding carboxylic acids is 1. The summed E-state index contributed by atoms with van der Waals surface area (Å²) < 4.78 is 39.3. The minimum Gasteiger partial charge on any atom is -0.395 e. The average molecular weight is 409 g/mol. The lowest BCUT2D eigenvalue weighted by atomic mass is 10.0. The van der Waals surface area contributed by atoms with Crippen molar-refractivity contribution in [1.29, 1.82) is 0 Å². The summed E-state index contributed by atoms with van der Waals surface area (Å²) >= 11 is 7.40. The van der Waals surface area contributed by atoms with E-state index in [1.54, 1.807) is 36.6 Å². The molecule has 4 rings (SSSR count). The van der Waals surface area contributed by atoms with Crippen LogP contribution < -0.4 is 14.8 Å². The summed E-state index contributed by atoms with van der Waals surface area (Å²) in [5, 5.41) is 4.71. The summed E-state index contributed by atoms with van der Waals surface area (Å²) in [6, 6.07) is 9.50. The second-order valence-corrected chi connectivity index (χ2v) is 6.83. The molecule has 0 saturated heterocycles. The Kier molecular flexibility index (Phi) is 4.24. The normalized spacial score (nSPS) is 14.2. The van der Waals surface area contributed by atoms with Gasteiger partial charge in [0.2, 0.25) is 0 Å². The first-order valence-corrected chi connectivity index (χ1v) is 8.96. The molecule has 27 heavy (non-hydrogen) atoms. The number of nitrogens with zero attached hydrogens (tertiary/aromatic N) is 1. The van der Waals surface area contributed by atoms with Crippen LogP contribution >= 0.6 is 23.1 Å². The van der Waals surface area contributed by atoms with Crippen LogP contribution in [-0.2, 0) is 0 Å². The first kappa shape index (κ1) is 17.7. The maximum absolute atomic E-state index is 13.2. The quantitative estimate of drug-likeness (QED) is 0.635. The Balaban J connectivity index is 1.57. The fraction of sp³-hybridized carbons (Fsp3) is 0.111. The van der Waals surface area contributed by atoms with Crippen molar-refractivity contribution in [2.45, 2.75) is 13.2 Å². The molecule has 0 unspecified atom stereocenters. The van der Waals surface area contributed by atoms with Crippen LogP contribution in [-0.4, -0.2) is 16.6 Å². The summed E-state index contributed by atoms with van der Waals surface area (Å²) in [7, 11) is 0. The molecule has 1 amide bonds. The third-order valence-corrected chi connectivity index (χ3v) is 4.97. The number of hydrogen-bond donors (Lipinski definition) is 1. The van der Waals surface area contributed by atoms with Crippen LogP contribution in [0.1, 0.15) is 16.1 Å². The molecule has 0 fully saturated rings. The van der Waals surface area contributed by atoms with Gasteiger partial charge in [0.1, 0.15) is 0 Å². The van der Waals surface area contributed by atoms with E-state index in [9.17, 15) is 13.6 Å². The van der Waals surface area contributed by atoms with Gasteiger partial charge in [-0.05, 0) is 42.2 Å². The summed E-state index contributed by atoms with van der Waals surface area (Å²) in [6.07, 6.45) is -3.70. The lowest BCUT2D eigenvalue weighted by Gasteiger charge is -2.08. The van der Waals surface area contributed by atoms with Gasteiger partial charge in [-0.25, -0.2) is 0 Å². The van der Waals surface area contributed by atoms with Gasteiger partial charge in [-0.2, -0.15) is 4.37 Å². The van der Waals surface area contributed by atoms with E-state index in [4.69, 9.17) is 11.6 Å². The third kappa shape index (κ3) is 3.45. The highest BCUT2D eigenvalue weighted by atomic mass is 35.5. The highest BCUT2D eigenvalue weighted by Gasteiger charge is 2.43. The third-order valence-electron chi connectivity index (χ3n) is 3.94. The number of halogens is 3. The SMILES string of the molecule is Cc1nscc1C(=O)Nc1ccc(-c2cc3c(cc2Cl)OC(F)(F)O3)cc1. The number of fused-ring (bicyclic) bond motifs is 1. The Hall–Kier alpha value is -2.71. The Labute approximate surface area is 161 Å². The van der Waals surface area contributed by atoms with Crippen molar-refractivity contribution in [3.63, 3.8) is 0 Å². The van der Waals surface area contributed by atoms with Gasteiger partial charge in [0, 0.05) is 22.7 Å². The van der Waals surface area contributed by atoms with E-state index < -0.39 is 6.29 Å². The number of nitrogens with one attached hydrogen (secondary N) is 1. The first-order valence-electron chi connectivity index (χ1n) is 7.74. The monoisotopic (exact) mass is 408 g/mol. The molecule has 1 aliphatic rings. The molecule has 0 aliphatic carbocycles. The molecular formula is C18H11ClF2N2O3S. The van der Waals surface area contributed by atoms with Crippen molar-refractivity contribution >= 4 is 34.7 Å². The topological polar surface area (TPSA) is 60.5 Å². The minimum atomic E-state index is -3.70. The zero-order chi connectivity index (χ0) is 19.2. The number of carbonyl (C=O) groups is 1. The number of rotatable bonds is 3. The Morgan fingerprint density at radius 2 is 1.85 bits per heavy atom. The van der Waals surface area contributed by atoms with Crippen molar-refractivity contribution < 1.29 is 23.0 Å². The van der Waals surface area contributed by atoms with E-state index in [0.717, 1.165) is 0 Å². The molecular weight excluding hydrogens is 398 g/mol. The Bertz CT molecular complexity index is 1040. The molecule has 0 bridgehead atoms. The fourth-order valence-corrected chi connectivity index (χ4v) is 3.59. The van der Waals surface area contributed by atoms with Gasteiger partial charge in [-0.3, -0.25) is 4.79 Å². The predicted molar refractivity (Wildman–Crippen MR) is 97.9 cm³/mol. The Morgan fingerprint density at radius 3 is 2.48 bits per heavy atom. The van der Waals surface area contributed by atoms with E-state index in [2.05, 4.69) is 19.2 Å². The number of alkyl halides is 2. The standard InChI is InChI=1S/C18H11ClF2N2O3S/c1-9-13(8-27-23-9)17(24)22-11-4-2-10(3-5-11)12-6-15-16(7-14(12)19)26-18(20,21)25-15/h2-8H,1H3,(H,22,24). The van der Waals surface area contributed by atoms with Crippen LogP contribution in [0.5, 0.6) is 11.5 Å². The zero-order valence-electron chi connectivity index (χ0n) is 13.8. The molecule has 1 N–H and O–H groups in total. The van der Waals surface area contributed by atoms with E-state index in [1.807, 2.05) is 0 Å². The number of hydrogen-bond acceptors (Lipinski definition) is 5. The fourth-order valence-electron chi connectivity index (χ4n) is 2.63. The molecule has 1 aromatic heterocycles. The van der Waals surface area contributed by atoms with Crippen LogP contribution in [0, 0.1) is 6.92 Å². The van der Waals surface area contributed by atoms with Crippen molar-refractivity contribution in [2.24, 2.45) is 0 Å². The first-order chi connectivity index (χ1) is 12.8. The number of ether oxygens (including phenoxy) is 2. The number of benzene rings is 2. The predicted octanol–water partition coefficient (Wildman–Crippen LogP) is 5.35. The van der Waals surface area contributed by atoms with Gasteiger partial charge < -0.3 is 14.8 Å². The maximum Gasteiger partial charge on any atom is 0.586 e. The van der Waals surface area contributed by atoms with Crippen LogP contribution in [0.25, 0.3) is 11.1 Å². The molecule has 0 spiro atoms. The van der Waals surface area contributed by atoms with Gasteiger partial charge in [0.05, 0.1) is 16.3 Å². The molecule has 0 saturated carbocycles. The van der Waals surface area contributed by atoms with Gasteiger partial charge in [0.25, 0.3) is 5.91 Å². The van der Waals surface area contributed by atoms with Crippen molar-refractivity contribution in [2.75, 3.05) is 5.32 Å². The number of amides is 1. The summed E-state index contributed by atoms with van der Waals surface area (Å²) in [6.45, 7) is 1.76. The van der Waals surface area contributed by atoms with Crippen molar-refractivity contribution in [3.8, 4) is 22.6 Å². The highest BCUT2D eigenvalue weighted by molar-refractivity contribution is 7.04. The number of aryl methyl sites for hydroxylation is 1. The minimum absolute atomic E-state index is 0.0859. The Morgan fingerprint density at radius 1 is 1.19 bits per heavy atom. The molecule has 9 heteroatoms. The molecule has 0 radical (unpaired) electrons. The second-order valence-electron chi connectivity index (χ2n) is 5.79. The van der Waals surface area contributed by atoms with E-state index in [1.165, 1.54) is 23.7 Å².